The third kappa shape index (κ3) is 3.94. The molecule has 0 fully saturated rings. The molecule has 3 rings (SSSR count). The number of benzene rings is 1. The molecule has 2 aromatic rings. The number of nitrogens with zero attached hydrogens (tertiary/aromatic N) is 3. The molecule has 1 N–H and O–H groups in total. The van der Waals surface area contributed by atoms with Gasteiger partial charge in [0.2, 0.25) is 0 Å². The van der Waals surface area contributed by atoms with Crippen molar-refractivity contribution in [3.8, 4) is 11.4 Å². The summed E-state index contributed by atoms with van der Waals surface area (Å²) in [4.78, 5) is 0. The van der Waals surface area contributed by atoms with E-state index < -0.39 is 9.84 Å². The van der Waals surface area contributed by atoms with Crippen molar-refractivity contribution in [2.24, 2.45) is 0 Å². The largest absolute Gasteiger partial charge is 0.311 e. The van der Waals surface area contributed by atoms with Crippen LogP contribution in [-0.4, -0.2) is 47.8 Å². The molecule has 1 atom stereocenters. The molecule has 8 heteroatoms. The van der Waals surface area contributed by atoms with Gasteiger partial charge in [0.05, 0.1) is 5.75 Å². The third-order valence-corrected chi connectivity index (χ3v) is 4.90. The minimum Gasteiger partial charge on any atom is -0.311 e. The third-order valence-electron chi connectivity index (χ3n) is 3.96. The summed E-state index contributed by atoms with van der Waals surface area (Å²) in [5, 5.41) is 11.7. The van der Waals surface area contributed by atoms with Gasteiger partial charge in [0.15, 0.2) is 5.82 Å². The van der Waals surface area contributed by atoms with Crippen LogP contribution in [0.2, 0.25) is 0 Å². The quantitative estimate of drug-likeness (QED) is 0.881. The van der Waals surface area contributed by atoms with Gasteiger partial charge in [-0.2, -0.15) is 0 Å². The van der Waals surface area contributed by atoms with Crippen LogP contribution in [0.1, 0.15) is 12.2 Å². The lowest BCUT2D eigenvalue weighted by molar-refractivity contribution is 0.389. The summed E-state index contributed by atoms with van der Waals surface area (Å²) in [5.41, 5.74) is 0.821. The molecule has 1 aliphatic heterocycles. The van der Waals surface area contributed by atoms with Crippen LogP contribution in [0.3, 0.4) is 0 Å². The maximum atomic E-state index is 13.1. The van der Waals surface area contributed by atoms with E-state index in [0.29, 0.717) is 13.1 Å². The summed E-state index contributed by atoms with van der Waals surface area (Å²) in [6, 6.07) is 6.36. The average molecular weight is 338 g/mol. The molecular weight excluding hydrogens is 319 g/mol. The van der Waals surface area contributed by atoms with Gasteiger partial charge in [-0.15, -0.1) is 10.2 Å². The second-order valence-electron chi connectivity index (χ2n) is 5.88. The van der Waals surface area contributed by atoms with Gasteiger partial charge in [0.1, 0.15) is 21.5 Å². The average Bonchev–Trinajstić information content (AvgIpc) is 2.90. The number of hydrogen-bond donors (Lipinski definition) is 1. The standard InChI is InChI=1S/C15H19FN4O2S/c1-23(21,22)9-8-17-13-6-7-14-18-19-15(20(14)10-13)11-2-4-12(16)5-3-11/h2-5,13,17H,6-10H2,1H3. The number of aryl methyl sites for hydroxylation is 1. The number of halogens is 1. The Hall–Kier alpha value is -1.80. The number of aromatic nitrogens is 3. The van der Waals surface area contributed by atoms with Crippen LogP contribution in [0.25, 0.3) is 11.4 Å². The van der Waals surface area contributed by atoms with Crippen molar-refractivity contribution in [1.29, 1.82) is 0 Å². The van der Waals surface area contributed by atoms with Crippen molar-refractivity contribution >= 4 is 9.84 Å². The van der Waals surface area contributed by atoms with Crippen molar-refractivity contribution in [2.75, 3.05) is 18.6 Å². The zero-order chi connectivity index (χ0) is 16.4. The Morgan fingerprint density at radius 2 is 2.04 bits per heavy atom. The molecule has 1 aromatic heterocycles. The van der Waals surface area contributed by atoms with Crippen LogP contribution in [0.15, 0.2) is 24.3 Å². The molecule has 23 heavy (non-hydrogen) atoms. The summed E-state index contributed by atoms with van der Waals surface area (Å²) in [7, 11) is -2.96. The normalized spacial score (nSPS) is 17.9. The van der Waals surface area contributed by atoms with Gasteiger partial charge in [0, 0.05) is 37.4 Å². The zero-order valence-electron chi connectivity index (χ0n) is 12.9. The van der Waals surface area contributed by atoms with E-state index in [1.807, 2.05) is 4.57 Å². The molecule has 0 bridgehead atoms. The Kier molecular flexibility index (Phi) is 4.45. The molecule has 6 nitrogen and oxygen atoms in total. The fourth-order valence-corrected chi connectivity index (χ4v) is 3.24. The summed E-state index contributed by atoms with van der Waals surface area (Å²) in [5.74, 6) is 1.47. The number of fused-ring (bicyclic) bond motifs is 1. The molecule has 0 spiro atoms. The van der Waals surface area contributed by atoms with E-state index in [0.717, 1.165) is 30.1 Å². The Balaban J connectivity index is 1.72. The van der Waals surface area contributed by atoms with Gasteiger partial charge < -0.3 is 9.88 Å². The Bertz CT molecular complexity index is 786. The minimum absolute atomic E-state index is 0.128. The van der Waals surface area contributed by atoms with E-state index in [2.05, 4.69) is 15.5 Å². The van der Waals surface area contributed by atoms with Crippen LogP contribution in [0.5, 0.6) is 0 Å². The van der Waals surface area contributed by atoms with Gasteiger partial charge in [-0.25, -0.2) is 12.8 Å². The highest BCUT2D eigenvalue weighted by Gasteiger charge is 2.23. The fourth-order valence-electron chi connectivity index (χ4n) is 2.75. The SMILES string of the molecule is CS(=O)(=O)CCNC1CCc2nnc(-c3ccc(F)cc3)n2C1. The molecule has 1 unspecified atom stereocenters. The number of nitrogens with one attached hydrogen (secondary N) is 1. The van der Waals surface area contributed by atoms with Gasteiger partial charge in [-0.1, -0.05) is 0 Å². The van der Waals surface area contributed by atoms with Gasteiger partial charge in [0.25, 0.3) is 0 Å². The monoisotopic (exact) mass is 338 g/mol. The van der Waals surface area contributed by atoms with Crippen LogP contribution >= 0.6 is 0 Å². The predicted octanol–water partition coefficient (Wildman–Crippen LogP) is 1.03. The van der Waals surface area contributed by atoms with E-state index in [4.69, 9.17) is 0 Å². The molecule has 0 amide bonds. The van der Waals surface area contributed by atoms with E-state index in [1.54, 1.807) is 12.1 Å². The Labute approximate surface area is 134 Å². The van der Waals surface area contributed by atoms with E-state index >= 15 is 0 Å². The molecule has 1 aromatic carbocycles. The summed E-state index contributed by atoms with van der Waals surface area (Å²) < 4.78 is 37.5. The summed E-state index contributed by atoms with van der Waals surface area (Å²) in [6.45, 7) is 1.12. The number of hydrogen-bond acceptors (Lipinski definition) is 5. The second-order valence-corrected chi connectivity index (χ2v) is 8.14. The van der Waals surface area contributed by atoms with Gasteiger partial charge in [-0.3, -0.25) is 0 Å². The fraction of sp³-hybridized carbons (Fsp3) is 0.467. The van der Waals surface area contributed by atoms with Crippen molar-refractivity contribution in [3.63, 3.8) is 0 Å². The van der Waals surface area contributed by atoms with Gasteiger partial charge in [-0.05, 0) is 30.7 Å². The van der Waals surface area contributed by atoms with E-state index in [9.17, 15) is 12.8 Å². The van der Waals surface area contributed by atoms with Crippen LogP contribution in [0, 0.1) is 5.82 Å². The molecule has 0 radical (unpaired) electrons. The first-order valence-electron chi connectivity index (χ1n) is 7.51. The van der Waals surface area contributed by atoms with Crippen LogP contribution < -0.4 is 5.32 Å². The van der Waals surface area contributed by atoms with Crippen LogP contribution in [-0.2, 0) is 22.8 Å². The summed E-state index contributed by atoms with van der Waals surface area (Å²) >= 11 is 0. The molecule has 0 aliphatic carbocycles. The van der Waals surface area contributed by atoms with Crippen molar-refractivity contribution in [2.45, 2.75) is 25.4 Å². The molecule has 1 aliphatic rings. The first-order valence-corrected chi connectivity index (χ1v) is 9.57. The van der Waals surface area contributed by atoms with Crippen LogP contribution in [0.4, 0.5) is 4.39 Å². The van der Waals surface area contributed by atoms with Crippen molar-refractivity contribution in [1.82, 2.24) is 20.1 Å². The molecule has 124 valence electrons. The first kappa shape index (κ1) is 16.1. The lowest BCUT2D eigenvalue weighted by atomic mass is 10.1. The lowest BCUT2D eigenvalue weighted by Crippen LogP contribution is -2.39. The van der Waals surface area contributed by atoms with Crippen molar-refractivity contribution < 1.29 is 12.8 Å². The maximum Gasteiger partial charge on any atom is 0.164 e. The van der Waals surface area contributed by atoms with E-state index in [1.165, 1.54) is 18.4 Å². The predicted molar refractivity (Wildman–Crippen MR) is 85.2 cm³/mol. The first-order chi connectivity index (χ1) is 10.9. The highest BCUT2D eigenvalue weighted by molar-refractivity contribution is 7.90. The molecule has 0 saturated heterocycles. The highest BCUT2D eigenvalue weighted by atomic mass is 32.2. The Morgan fingerprint density at radius 1 is 1.30 bits per heavy atom. The smallest absolute Gasteiger partial charge is 0.164 e. The Morgan fingerprint density at radius 3 is 2.74 bits per heavy atom. The molecular formula is C15H19FN4O2S. The van der Waals surface area contributed by atoms with Gasteiger partial charge >= 0.3 is 0 Å². The number of rotatable bonds is 5. The van der Waals surface area contributed by atoms with E-state index in [-0.39, 0.29) is 17.6 Å². The van der Waals surface area contributed by atoms with Crippen molar-refractivity contribution in [3.05, 3.63) is 35.9 Å². The summed E-state index contributed by atoms with van der Waals surface area (Å²) in [6.07, 6.45) is 2.91. The molecule has 0 saturated carbocycles. The topological polar surface area (TPSA) is 76.9 Å². The lowest BCUT2D eigenvalue weighted by Gasteiger charge is -2.25. The zero-order valence-corrected chi connectivity index (χ0v) is 13.7. The minimum atomic E-state index is -2.96. The maximum absolute atomic E-state index is 13.1. The molecule has 2 heterocycles. The second kappa shape index (κ2) is 6.37. The highest BCUT2D eigenvalue weighted by Crippen LogP contribution is 2.23. The number of sulfone groups is 1.